The van der Waals surface area contributed by atoms with Crippen molar-refractivity contribution in [2.75, 3.05) is 6.54 Å². The minimum Gasteiger partial charge on any atom is -0.477 e. The van der Waals surface area contributed by atoms with Crippen molar-refractivity contribution in [3.8, 4) is 0 Å². The maximum atomic E-state index is 15.1. The molecule has 2 aliphatic rings. The molecular formula is C42H50ClF4N5O10. The molecule has 0 heterocycles. The van der Waals surface area contributed by atoms with Crippen molar-refractivity contribution in [2.24, 2.45) is 23.5 Å². The van der Waals surface area contributed by atoms with Gasteiger partial charge in [0.15, 0.2) is 29.1 Å². The van der Waals surface area contributed by atoms with Gasteiger partial charge in [-0.2, -0.15) is 0 Å². The molecule has 338 valence electrons. The van der Waals surface area contributed by atoms with Crippen LogP contribution in [-0.4, -0.2) is 82.5 Å². The van der Waals surface area contributed by atoms with Gasteiger partial charge in [0.2, 0.25) is 23.5 Å². The van der Waals surface area contributed by atoms with Gasteiger partial charge in [0, 0.05) is 10.9 Å². The SMILES string of the molecule is CCCC(NC(=O)[C@@H]1C[C@@H](OC(C)(C)C)CC1C(=O)[C@@H](NC(=O)c1c(F)c(F)c(C(=O)O)c(F)c1F)C1CCCCC1)C(=O)C(=O)NCC(=O)NC(C(N)=O)c1cccc(Cl)c1. The van der Waals surface area contributed by atoms with Crippen LogP contribution in [0.2, 0.25) is 5.02 Å². The zero-order chi connectivity index (χ0) is 46.2. The van der Waals surface area contributed by atoms with E-state index >= 15 is 8.78 Å². The van der Waals surface area contributed by atoms with Crippen LogP contribution in [0.1, 0.15) is 118 Å². The van der Waals surface area contributed by atoms with Gasteiger partial charge in [-0.05, 0) is 76.5 Å². The molecule has 5 amide bonds. The Morgan fingerprint density at radius 3 is 2.02 bits per heavy atom. The maximum Gasteiger partial charge on any atom is 0.341 e. The lowest BCUT2D eigenvalue weighted by molar-refractivity contribution is -0.141. The molecule has 0 aliphatic heterocycles. The fourth-order valence-electron chi connectivity index (χ4n) is 8.00. The summed E-state index contributed by atoms with van der Waals surface area (Å²) in [5.74, 6) is -22.2. The summed E-state index contributed by atoms with van der Waals surface area (Å²) >= 11 is 5.99. The number of carboxylic acids is 1. The molecule has 2 aromatic rings. The van der Waals surface area contributed by atoms with E-state index in [0.29, 0.717) is 25.7 Å². The van der Waals surface area contributed by atoms with Crippen molar-refractivity contribution < 1.29 is 65.8 Å². The van der Waals surface area contributed by atoms with Crippen molar-refractivity contribution in [3.63, 3.8) is 0 Å². The zero-order valence-corrected chi connectivity index (χ0v) is 35.3. The highest BCUT2D eigenvalue weighted by atomic mass is 35.5. The van der Waals surface area contributed by atoms with Gasteiger partial charge in [-0.15, -0.1) is 0 Å². The van der Waals surface area contributed by atoms with Crippen molar-refractivity contribution >= 4 is 58.7 Å². The third kappa shape index (κ3) is 12.1. The van der Waals surface area contributed by atoms with Crippen LogP contribution < -0.4 is 27.0 Å². The molecule has 2 fully saturated rings. The van der Waals surface area contributed by atoms with Crippen LogP contribution in [0.25, 0.3) is 0 Å². The van der Waals surface area contributed by atoms with Crippen LogP contribution in [0.5, 0.6) is 0 Å². The number of primary amides is 1. The highest BCUT2D eigenvalue weighted by Crippen LogP contribution is 2.40. The first kappa shape index (κ1) is 49.2. The first-order chi connectivity index (χ1) is 29.1. The molecule has 0 radical (unpaired) electrons. The maximum absolute atomic E-state index is 15.1. The Hall–Kier alpha value is -5.43. The lowest BCUT2D eigenvalue weighted by Gasteiger charge is -2.33. The van der Waals surface area contributed by atoms with E-state index in [0.717, 1.165) is 6.42 Å². The standard InChI is InChI=1S/C42H50ClF4N5O10/c1-5-10-25(36(55)40(59)49-18-26(53)51-34(37(48)56)20-13-9-14-21(43)15-20)50-38(57)24-17-22(62-42(2,3)4)16-23(24)35(54)33(19-11-7-6-8-12-19)52-39(58)27-29(44)31(46)28(41(60)61)32(47)30(27)45/h9,13-15,19,22-25,33-34H,5-8,10-12,16-18H2,1-4H3,(H2,48,56)(H,49,59)(H,50,57)(H,51,53)(H,52,58)(H,60,61)/t22-,23?,24+,25?,33-,34?/m0/s1. The van der Waals surface area contributed by atoms with Gasteiger partial charge in [-0.3, -0.25) is 33.6 Å². The molecule has 2 saturated carbocycles. The monoisotopic (exact) mass is 895 g/mol. The number of hydrogen-bond acceptors (Lipinski definition) is 9. The first-order valence-electron chi connectivity index (χ1n) is 20.1. The minimum absolute atomic E-state index is 0.0539. The number of Topliss-reactive ketones (excluding diaryl/α,β-unsaturated/α-hetero) is 2. The molecule has 7 N–H and O–H groups in total. The smallest absolute Gasteiger partial charge is 0.341 e. The Labute approximate surface area is 359 Å². The van der Waals surface area contributed by atoms with Crippen molar-refractivity contribution in [3.05, 3.63) is 69.2 Å². The molecule has 15 nitrogen and oxygen atoms in total. The molecule has 0 spiro atoms. The molecule has 0 bridgehead atoms. The summed E-state index contributed by atoms with van der Waals surface area (Å²) in [5.41, 5.74) is 1.20. The number of nitrogens with two attached hydrogens (primary N) is 1. The molecule has 3 unspecified atom stereocenters. The summed E-state index contributed by atoms with van der Waals surface area (Å²) < 4.78 is 65.6. The van der Waals surface area contributed by atoms with Gasteiger partial charge in [0.1, 0.15) is 17.2 Å². The number of carbonyl (C=O) groups excluding carboxylic acids is 7. The van der Waals surface area contributed by atoms with Crippen LogP contribution in [-0.2, 0) is 33.5 Å². The van der Waals surface area contributed by atoms with E-state index in [1.54, 1.807) is 27.7 Å². The summed E-state index contributed by atoms with van der Waals surface area (Å²) in [6, 6.07) is 1.65. The van der Waals surface area contributed by atoms with E-state index in [4.69, 9.17) is 27.2 Å². The molecule has 0 aromatic heterocycles. The molecule has 6 atom stereocenters. The largest absolute Gasteiger partial charge is 0.477 e. The van der Waals surface area contributed by atoms with Gasteiger partial charge in [-0.1, -0.05) is 56.3 Å². The second-order valence-corrected chi connectivity index (χ2v) is 16.9. The number of rotatable bonds is 18. The average Bonchev–Trinajstić information content (AvgIpc) is 3.62. The Bertz CT molecular complexity index is 2060. The predicted octanol–water partition coefficient (Wildman–Crippen LogP) is 4.37. The van der Waals surface area contributed by atoms with Gasteiger partial charge in [-0.25, -0.2) is 22.4 Å². The molecule has 2 aliphatic carbocycles. The second-order valence-electron chi connectivity index (χ2n) is 16.5. The van der Waals surface area contributed by atoms with Crippen LogP contribution in [0.4, 0.5) is 17.6 Å². The number of hydrogen-bond donors (Lipinski definition) is 6. The highest BCUT2D eigenvalue weighted by Gasteiger charge is 2.48. The summed E-state index contributed by atoms with van der Waals surface area (Å²) in [6.07, 6.45) is 1.96. The number of ketones is 2. The lowest BCUT2D eigenvalue weighted by atomic mass is 9.77. The average molecular weight is 896 g/mol. The van der Waals surface area contributed by atoms with E-state index in [2.05, 4.69) is 21.3 Å². The first-order valence-corrected chi connectivity index (χ1v) is 20.5. The Morgan fingerprint density at radius 2 is 1.47 bits per heavy atom. The minimum atomic E-state index is -2.32. The van der Waals surface area contributed by atoms with Crippen LogP contribution in [0, 0.1) is 41.0 Å². The topological polar surface area (TPSA) is 240 Å². The number of amides is 5. The molecule has 62 heavy (non-hydrogen) atoms. The summed E-state index contributed by atoms with van der Waals surface area (Å²) in [7, 11) is 0. The number of carboxylic acid groups (broad SMARTS) is 1. The molecule has 0 saturated heterocycles. The van der Waals surface area contributed by atoms with E-state index < -0.39 is 136 Å². The summed E-state index contributed by atoms with van der Waals surface area (Å²) in [6.45, 7) is 6.11. The number of benzene rings is 2. The van der Waals surface area contributed by atoms with Crippen LogP contribution >= 0.6 is 11.6 Å². The normalized spacial score (nSPS) is 19.4. The van der Waals surface area contributed by atoms with Crippen molar-refractivity contribution in [2.45, 2.75) is 115 Å². The quantitative estimate of drug-likeness (QED) is 0.0702. The van der Waals surface area contributed by atoms with Gasteiger partial charge < -0.3 is 36.8 Å². The molecular weight excluding hydrogens is 846 g/mol. The number of aromatic carboxylic acids is 1. The van der Waals surface area contributed by atoms with E-state index in [9.17, 15) is 47.1 Å². The van der Waals surface area contributed by atoms with E-state index in [-0.39, 0.29) is 36.3 Å². The lowest BCUT2D eigenvalue weighted by Crippen LogP contribution is -2.53. The van der Waals surface area contributed by atoms with Gasteiger partial charge in [0.25, 0.3) is 11.8 Å². The van der Waals surface area contributed by atoms with E-state index in [1.807, 2.05) is 0 Å². The fourth-order valence-corrected chi connectivity index (χ4v) is 8.20. The molecule has 2 aromatic carbocycles. The zero-order valence-electron chi connectivity index (χ0n) is 34.5. The van der Waals surface area contributed by atoms with E-state index in [1.165, 1.54) is 24.3 Å². The highest BCUT2D eigenvalue weighted by molar-refractivity contribution is 6.38. The third-order valence-corrected chi connectivity index (χ3v) is 11.0. The van der Waals surface area contributed by atoms with Gasteiger partial charge >= 0.3 is 5.97 Å². The number of halogens is 5. The Balaban J connectivity index is 1.57. The Kier molecular flexibility index (Phi) is 16.7. The number of ether oxygens (including phenoxy) is 1. The summed E-state index contributed by atoms with van der Waals surface area (Å²) in [5, 5.41) is 18.7. The third-order valence-electron chi connectivity index (χ3n) is 10.8. The Morgan fingerprint density at radius 1 is 0.871 bits per heavy atom. The molecule has 20 heteroatoms. The molecule has 4 rings (SSSR count). The number of carbonyl (C=O) groups is 8. The van der Waals surface area contributed by atoms with Crippen molar-refractivity contribution in [1.82, 2.24) is 21.3 Å². The predicted molar refractivity (Wildman–Crippen MR) is 213 cm³/mol. The fraction of sp³-hybridized carbons (Fsp3) is 0.524. The second kappa shape index (κ2) is 21.1. The van der Waals surface area contributed by atoms with Crippen LogP contribution in [0.15, 0.2) is 24.3 Å². The van der Waals surface area contributed by atoms with Crippen LogP contribution in [0.3, 0.4) is 0 Å². The summed E-state index contributed by atoms with van der Waals surface area (Å²) in [4.78, 5) is 105. The van der Waals surface area contributed by atoms with Gasteiger partial charge in [0.05, 0.1) is 36.3 Å². The number of nitrogens with one attached hydrogen (secondary N) is 4. The van der Waals surface area contributed by atoms with Crippen molar-refractivity contribution in [1.29, 1.82) is 0 Å².